The van der Waals surface area contributed by atoms with Gasteiger partial charge >= 0.3 is 0 Å². The van der Waals surface area contributed by atoms with Crippen molar-refractivity contribution in [2.75, 3.05) is 7.05 Å². The first-order valence-corrected chi connectivity index (χ1v) is 10.7. The molecule has 1 atom stereocenters. The third-order valence-corrected chi connectivity index (χ3v) is 7.13. The lowest BCUT2D eigenvalue weighted by molar-refractivity contribution is -0.119. The Labute approximate surface area is 163 Å². The highest BCUT2D eigenvalue weighted by atomic mass is 32.2. The Bertz CT molecular complexity index is 953. The molecule has 0 fully saturated rings. The number of rotatable bonds is 4. The minimum atomic E-state index is -0.0388. The molecule has 1 N–H and O–H groups in total. The molecule has 1 amide bonds. The number of carbonyl (C=O) groups excluding carboxylic acids is 1. The summed E-state index contributed by atoms with van der Waals surface area (Å²) in [7, 11) is 1.92. The summed E-state index contributed by atoms with van der Waals surface area (Å²) in [5.74, 6) is -0.0388. The lowest BCUT2D eigenvalue weighted by Gasteiger charge is -2.17. The minimum Gasteiger partial charge on any atom is -0.303 e. The van der Waals surface area contributed by atoms with E-state index >= 15 is 0 Å². The Morgan fingerprint density at radius 3 is 3.04 bits per heavy atom. The van der Waals surface area contributed by atoms with E-state index in [1.165, 1.54) is 0 Å². The number of thiophene rings is 1. The van der Waals surface area contributed by atoms with E-state index in [4.69, 9.17) is 0 Å². The quantitative estimate of drug-likeness (QED) is 0.718. The molecule has 0 saturated heterocycles. The van der Waals surface area contributed by atoms with Gasteiger partial charge in [-0.2, -0.15) is 16.4 Å². The van der Waals surface area contributed by atoms with Gasteiger partial charge in [0.1, 0.15) is 4.71 Å². The van der Waals surface area contributed by atoms with Gasteiger partial charge < -0.3 is 5.32 Å². The number of amidine groups is 1. The van der Waals surface area contributed by atoms with Gasteiger partial charge in [0.25, 0.3) is 0 Å². The van der Waals surface area contributed by atoms with Crippen LogP contribution in [0, 0.1) is 0 Å². The van der Waals surface area contributed by atoms with Crippen LogP contribution in [0.25, 0.3) is 10.9 Å². The minimum absolute atomic E-state index is 0.0388. The average Bonchev–Trinajstić information content (AvgIpc) is 3.25. The van der Waals surface area contributed by atoms with Crippen molar-refractivity contribution < 1.29 is 4.79 Å². The molecule has 1 unspecified atom stereocenters. The van der Waals surface area contributed by atoms with E-state index in [0.717, 1.165) is 21.4 Å². The van der Waals surface area contributed by atoms with Gasteiger partial charge in [-0.15, -0.1) is 0 Å². The van der Waals surface area contributed by atoms with Crippen LogP contribution in [-0.4, -0.2) is 32.8 Å². The van der Waals surface area contributed by atoms with E-state index in [9.17, 15) is 4.79 Å². The summed E-state index contributed by atoms with van der Waals surface area (Å²) in [5.41, 5.74) is 2.01. The van der Waals surface area contributed by atoms with Crippen LogP contribution in [0.1, 0.15) is 5.56 Å². The fourth-order valence-electron chi connectivity index (χ4n) is 2.56. The fraction of sp³-hybridized carbons (Fsp3) is 0.167. The van der Waals surface area contributed by atoms with E-state index < -0.39 is 0 Å². The zero-order chi connectivity index (χ0) is 17.9. The predicted octanol–water partition coefficient (Wildman–Crippen LogP) is 3.98. The summed E-state index contributed by atoms with van der Waals surface area (Å²) in [6.07, 6.45) is 2.20. The zero-order valence-electron chi connectivity index (χ0n) is 14.0. The summed E-state index contributed by atoms with van der Waals surface area (Å²) >= 11 is 4.86. The number of nitrogens with one attached hydrogen (secondary N) is 1. The second-order valence-electron chi connectivity index (χ2n) is 5.70. The zero-order valence-corrected chi connectivity index (χ0v) is 16.4. The number of amides is 1. The maximum Gasteiger partial charge on any atom is 0.230 e. The molecule has 1 aliphatic rings. The van der Waals surface area contributed by atoms with E-state index in [-0.39, 0.29) is 10.6 Å². The first kappa shape index (κ1) is 17.4. The maximum absolute atomic E-state index is 12.2. The highest BCUT2D eigenvalue weighted by Crippen LogP contribution is 2.39. The lowest BCUT2D eigenvalue weighted by Crippen LogP contribution is -2.28. The Kier molecular flexibility index (Phi) is 5.14. The number of aromatic nitrogens is 1. The molecule has 5 nitrogen and oxygen atoms in total. The number of fused-ring (bicyclic) bond motifs is 1. The third-order valence-electron chi connectivity index (χ3n) is 3.79. The van der Waals surface area contributed by atoms with Crippen LogP contribution in [-0.2, 0) is 11.2 Å². The second kappa shape index (κ2) is 7.69. The molecule has 4 rings (SSSR count). The molecule has 1 aliphatic heterocycles. The van der Waals surface area contributed by atoms with Crippen molar-refractivity contribution in [3.05, 3.63) is 58.9 Å². The molecule has 132 valence electrons. The molecule has 0 aliphatic carbocycles. The van der Waals surface area contributed by atoms with Crippen LogP contribution in [0.2, 0.25) is 0 Å². The normalized spacial score (nSPS) is 16.7. The summed E-state index contributed by atoms with van der Waals surface area (Å²) in [5, 5.41) is 15.0. The smallest absolute Gasteiger partial charge is 0.230 e. The van der Waals surface area contributed by atoms with Crippen LogP contribution in [0.3, 0.4) is 0 Å². The first-order valence-electron chi connectivity index (χ1n) is 7.98. The van der Waals surface area contributed by atoms with Crippen molar-refractivity contribution in [2.24, 2.45) is 5.10 Å². The molecule has 8 heteroatoms. The predicted molar refractivity (Wildman–Crippen MR) is 110 cm³/mol. The number of thioether (sulfide) groups is 2. The van der Waals surface area contributed by atoms with Crippen molar-refractivity contribution in [2.45, 2.75) is 16.0 Å². The van der Waals surface area contributed by atoms with E-state index in [1.54, 1.807) is 34.9 Å². The van der Waals surface area contributed by atoms with Crippen molar-refractivity contribution in [1.29, 1.82) is 0 Å². The average molecular weight is 401 g/mol. The SMILES string of the molecule is CN1N=C(NC(=O)Cc2ccsc2)SC1Sc1ccnc2ccccc12. The number of hydrogen-bond donors (Lipinski definition) is 1. The van der Waals surface area contributed by atoms with E-state index in [0.29, 0.717) is 11.6 Å². The van der Waals surface area contributed by atoms with Gasteiger partial charge in [0.15, 0.2) is 5.17 Å². The van der Waals surface area contributed by atoms with E-state index in [1.807, 2.05) is 59.3 Å². The van der Waals surface area contributed by atoms with Crippen LogP contribution >= 0.6 is 34.9 Å². The molecule has 3 aromatic rings. The number of carbonyl (C=O) groups is 1. The largest absolute Gasteiger partial charge is 0.303 e. The van der Waals surface area contributed by atoms with Crippen molar-refractivity contribution in [3.63, 3.8) is 0 Å². The molecular formula is C18H16N4OS3. The summed E-state index contributed by atoms with van der Waals surface area (Å²) in [6, 6.07) is 12.1. The number of pyridine rings is 1. The molecule has 0 saturated carbocycles. The monoisotopic (exact) mass is 400 g/mol. The molecule has 0 radical (unpaired) electrons. The number of para-hydroxylation sites is 1. The highest BCUT2D eigenvalue weighted by molar-refractivity contribution is 8.25. The fourth-order valence-corrected chi connectivity index (χ4v) is 5.60. The van der Waals surface area contributed by atoms with Crippen molar-refractivity contribution in [1.82, 2.24) is 15.3 Å². The summed E-state index contributed by atoms with van der Waals surface area (Å²) < 4.78 is 0.0669. The van der Waals surface area contributed by atoms with Crippen LogP contribution in [0.4, 0.5) is 0 Å². The number of benzene rings is 1. The third kappa shape index (κ3) is 3.87. The molecule has 0 spiro atoms. The molecular weight excluding hydrogens is 384 g/mol. The molecule has 1 aromatic carbocycles. The van der Waals surface area contributed by atoms with Gasteiger partial charge in [0, 0.05) is 23.5 Å². The Morgan fingerprint density at radius 1 is 1.31 bits per heavy atom. The number of hydrazone groups is 1. The van der Waals surface area contributed by atoms with Crippen LogP contribution < -0.4 is 5.32 Å². The van der Waals surface area contributed by atoms with Gasteiger partial charge in [-0.05, 0) is 46.3 Å². The van der Waals surface area contributed by atoms with Crippen molar-refractivity contribution in [3.8, 4) is 0 Å². The summed E-state index contributed by atoms with van der Waals surface area (Å²) in [6.45, 7) is 0. The highest BCUT2D eigenvalue weighted by Gasteiger charge is 2.27. The standard InChI is InChI=1S/C18H16N4OS3/c1-22-18(25-15-6-8-19-14-5-3-2-4-13(14)15)26-17(21-22)20-16(23)10-12-7-9-24-11-12/h2-9,11,18H,10H2,1H3,(H,20,21,23). The summed E-state index contributed by atoms with van der Waals surface area (Å²) in [4.78, 5) is 17.7. The maximum atomic E-state index is 12.2. The van der Waals surface area contributed by atoms with Gasteiger partial charge in [-0.25, -0.2) is 0 Å². The molecule has 0 bridgehead atoms. The Hall–Kier alpha value is -2.03. The Balaban J connectivity index is 1.41. The number of nitrogens with zero attached hydrogens (tertiary/aromatic N) is 3. The van der Waals surface area contributed by atoms with Crippen LogP contribution in [0.5, 0.6) is 0 Å². The molecule has 3 heterocycles. The number of hydrogen-bond acceptors (Lipinski definition) is 7. The van der Waals surface area contributed by atoms with Gasteiger partial charge in [-0.3, -0.25) is 14.8 Å². The van der Waals surface area contributed by atoms with Gasteiger partial charge in [0.2, 0.25) is 5.91 Å². The molecule has 2 aromatic heterocycles. The van der Waals surface area contributed by atoms with Gasteiger partial charge in [0.05, 0.1) is 11.9 Å². The molecule has 26 heavy (non-hydrogen) atoms. The van der Waals surface area contributed by atoms with E-state index in [2.05, 4.69) is 21.5 Å². The Morgan fingerprint density at radius 2 is 2.19 bits per heavy atom. The van der Waals surface area contributed by atoms with Crippen molar-refractivity contribution >= 4 is 56.8 Å². The second-order valence-corrected chi connectivity index (χ2v) is 8.97. The van der Waals surface area contributed by atoms with Crippen LogP contribution in [0.15, 0.2) is 63.4 Å². The van der Waals surface area contributed by atoms with Gasteiger partial charge in [-0.1, -0.05) is 30.0 Å². The topological polar surface area (TPSA) is 57.6 Å². The first-order chi connectivity index (χ1) is 12.7. The lowest BCUT2D eigenvalue weighted by atomic mass is 10.2.